The van der Waals surface area contributed by atoms with Gasteiger partial charge in [-0.2, -0.15) is 0 Å². The fourth-order valence-corrected chi connectivity index (χ4v) is 3.68. The lowest BCUT2D eigenvalue weighted by atomic mass is 10.1. The Kier molecular flexibility index (Phi) is 6.60. The lowest BCUT2D eigenvalue weighted by Crippen LogP contribution is -3.12. The third-order valence-corrected chi connectivity index (χ3v) is 5.51. The molecule has 1 saturated heterocycles. The van der Waals surface area contributed by atoms with Crippen molar-refractivity contribution in [1.82, 2.24) is 0 Å². The topological polar surface area (TPSA) is 69.1 Å². The lowest BCUT2D eigenvalue weighted by Gasteiger charge is -2.23. The van der Waals surface area contributed by atoms with Crippen LogP contribution in [-0.2, 0) is 20.8 Å². The predicted octanol–water partition coefficient (Wildman–Crippen LogP) is 2.44. The normalized spacial score (nSPS) is 15.4. The number of carbonyl (C=O) groups excluding carboxylic acids is 2. The van der Waals surface area contributed by atoms with E-state index in [0.29, 0.717) is 11.3 Å². The molecule has 31 heavy (non-hydrogen) atoms. The fourth-order valence-electron chi connectivity index (χ4n) is 3.68. The number of anilines is 1. The minimum absolute atomic E-state index is 0.365. The van der Waals surface area contributed by atoms with Crippen LogP contribution in [0.25, 0.3) is 10.8 Å². The number of esters is 1. The number of fused-ring (bicyclic) bond motifs is 1. The van der Waals surface area contributed by atoms with Crippen LogP contribution in [0.4, 0.5) is 5.69 Å². The Morgan fingerprint density at radius 3 is 2.45 bits per heavy atom. The van der Waals surface area contributed by atoms with Crippen LogP contribution in [0.15, 0.2) is 66.7 Å². The molecular formula is C25H27N2O4+. The minimum Gasteiger partial charge on any atom is -0.449 e. The van der Waals surface area contributed by atoms with Gasteiger partial charge in [0.2, 0.25) is 0 Å². The third kappa shape index (κ3) is 5.48. The van der Waals surface area contributed by atoms with Crippen LogP contribution in [0.1, 0.15) is 22.8 Å². The zero-order valence-corrected chi connectivity index (χ0v) is 17.6. The van der Waals surface area contributed by atoms with Gasteiger partial charge in [-0.25, -0.2) is 4.79 Å². The summed E-state index contributed by atoms with van der Waals surface area (Å²) in [4.78, 5) is 26.4. The Hall–Kier alpha value is -3.22. The van der Waals surface area contributed by atoms with E-state index >= 15 is 0 Å². The third-order valence-electron chi connectivity index (χ3n) is 5.51. The summed E-state index contributed by atoms with van der Waals surface area (Å²) in [6.07, 6.45) is -0.906. The largest absolute Gasteiger partial charge is 0.449 e. The standard InChI is InChI=1S/C25H26N2O4/c1-18(24(28)26-23-11-10-20-4-2-3-5-22(20)16-23)31-25(29)21-8-6-19(7-9-21)17-27-12-14-30-15-13-27/h2-11,16,18H,12-15,17H2,1H3,(H,26,28)/p+1/t18-/m0/s1. The van der Waals surface area contributed by atoms with Crippen LogP contribution in [0, 0.1) is 0 Å². The summed E-state index contributed by atoms with van der Waals surface area (Å²) in [5.41, 5.74) is 2.27. The molecule has 0 bridgehead atoms. The molecule has 1 heterocycles. The molecule has 160 valence electrons. The van der Waals surface area contributed by atoms with Crippen molar-refractivity contribution in [2.45, 2.75) is 19.6 Å². The maximum absolute atomic E-state index is 12.5. The van der Waals surface area contributed by atoms with Crippen LogP contribution < -0.4 is 10.2 Å². The Morgan fingerprint density at radius 2 is 1.71 bits per heavy atom. The first-order valence-corrected chi connectivity index (χ1v) is 10.6. The molecular weight excluding hydrogens is 392 g/mol. The molecule has 0 saturated carbocycles. The number of morpholine rings is 1. The predicted molar refractivity (Wildman–Crippen MR) is 119 cm³/mol. The van der Waals surface area contributed by atoms with E-state index in [1.165, 1.54) is 4.90 Å². The molecule has 2 N–H and O–H groups in total. The number of quaternary nitrogens is 1. The van der Waals surface area contributed by atoms with Crippen LogP contribution in [0.3, 0.4) is 0 Å². The van der Waals surface area contributed by atoms with E-state index in [1.54, 1.807) is 19.1 Å². The van der Waals surface area contributed by atoms with Gasteiger partial charge < -0.3 is 19.7 Å². The Labute approximate surface area is 181 Å². The maximum Gasteiger partial charge on any atom is 0.338 e. The summed E-state index contributed by atoms with van der Waals surface area (Å²) in [6.45, 7) is 6.05. The van der Waals surface area contributed by atoms with Crippen molar-refractivity contribution in [2.75, 3.05) is 31.6 Å². The van der Waals surface area contributed by atoms with Gasteiger partial charge in [0.1, 0.15) is 19.6 Å². The van der Waals surface area contributed by atoms with Crippen molar-refractivity contribution >= 4 is 28.3 Å². The van der Waals surface area contributed by atoms with Crippen molar-refractivity contribution in [3.63, 3.8) is 0 Å². The molecule has 0 radical (unpaired) electrons. The first kappa shape index (κ1) is 21.0. The number of amides is 1. The zero-order chi connectivity index (χ0) is 21.6. The molecule has 1 aliphatic rings. The second kappa shape index (κ2) is 9.73. The van der Waals surface area contributed by atoms with Gasteiger partial charge in [0, 0.05) is 11.3 Å². The molecule has 0 spiro atoms. The highest BCUT2D eigenvalue weighted by atomic mass is 16.5. The van der Waals surface area contributed by atoms with Gasteiger partial charge in [-0.1, -0.05) is 42.5 Å². The number of nitrogens with one attached hydrogen (secondary N) is 2. The Morgan fingerprint density at radius 1 is 1.00 bits per heavy atom. The van der Waals surface area contributed by atoms with Crippen LogP contribution >= 0.6 is 0 Å². The van der Waals surface area contributed by atoms with Gasteiger partial charge >= 0.3 is 5.97 Å². The highest BCUT2D eigenvalue weighted by molar-refractivity contribution is 5.98. The average Bonchev–Trinajstić information content (AvgIpc) is 2.80. The zero-order valence-electron chi connectivity index (χ0n) is 17.6. The summed E-state index contributed by atoms with van der Waals surface area (Å²) in [5.74, 6) is -0.873. The van der Waals surface area contributed by atoms with E-state index in [9.17, 15) is 9.59 Å². The van der Waals surface area contributed by atoms with Gasteiger partial charge in [0.05, 0.1) is 18.8 Å². The molecule has 6 heteroatoms. The van der Waals surface area contributed by atoms with E-state index in [4.69, 9.17) is 9.47 Å². The van der Waals surface area contributed by atoms with E-state index < -0.39 is 12.1 Å². The SMILES string of the molecule is C[C@H](OC(=O)c1ccc(C[NH+]2CCOCC2)cc1)C(=O)Nc1ccc2ccccc2c1. The molecule has 0 aromatic heterocycles. The van der Waals surface area contributed by atoms with Crippen molar-refractivity contribution in [3.05, 3.63) is 77.9 Å². The molecule has 1 aliphatic heterocycles. The van der Waals surface area contributed by atoms with Gasteiger partial charge in [0.25, 0.3) is 5.91 Å². The highest BCUT2D eigenvalue weighted by Gasteiger charge is 2.20. The molecule has 1 fully saturated rings. The maximum atomic E-state index is 12.5. The number of carbonyl (C=O) groups is 2. The molecule has 1 amide bonds. The molecule has 3 aromatic carbocycles. The average molecular weight is 420 g/mol. The van der Waals surface area contributed by atoms with Crippen molar-refractivity contribution in [2.24, 2.45) is 0 Å². The monoisotopic (exact) mass is 419 g/mol. The van der Waals surface area contributed by atoms with E-state index in [1.807, 2.05) is 54.6 Å². The Balaban J connectivity index is 1.32. The first-order chi connectivity index (χ1) is 15.1. The highest BCUT2D eigenvalue weighted by Crippen LogP contribution is 2.19. The lowest BCUT2D eigenvalue weighted by molar-refractivity contribution is -0.921. The minimum atomic E-state index is -0.906. The molecule has 0 aliphatic carbocycles. The second-order valence-electron chi connectivity index (χ2n) is 7.83. The first-order valence-electron chi connectivity index (χ1n) is 10.6. The molecule has 6 nitrogen and oxygen atoms in total. The number of rotatable bonds is 6. The smallest absolute Gasteiger partial charge is 0.338 e. The molecule has 4 rings (SSSR count). The van der Waals surface area contributed by atoms with Crippen LogP contribution in [-0.4, -0.2) is 44.3 Å². The van der Waals surface area contributed by atoms with E-state index in [2.05, 4.69) is 5.32 Å². The van der Waals surface area contributed by atoms with Gasteiger partial charge in [0.15, 0.2) is 6.10 Å². The second-order valence-corrected chi connectivity index (χ2v) is 7.83. The summed E-state index contributed by atoms with van der Waals surface area (Å²) in [5, 5.41) is 4.94. The number of hydrogen-bond donors (Lipinski definition) is 2. The quantitative estimate of drug-likeness (QED) is 0.603. The number of hydrogen-bond acceptors (Lipinski definition) is 4. The summed E-state index contributed by atoms with van der Waals surface area (Å²) in [6, 6.07) is 21.0. The molecule has 3 aromatic rings. The van der Waals surface area contributed by atoms with Crippen molar-refractivity contribution < 1.29 is 24.0 Å². The summed E-state index contributed by atoms with van der Waals surface area (Å²) < 4.78 is 10.8. The van der Waals surface area contributed by atoms with Gasteiger partial charge in [-0.3, -0.25) is 4.79 Å². The Bertz CT molecular complexity index is 1060. The summed E-state index contributed by atoms with van der Waals surface area (Å²) in [7, 11) is 0. The van der Waals surface area contributed by atoms with Gasteiger partial charge in [-0.15, -0.1) is 0 Å². The van der Waals surface area contributed by atoms with E-state index in [-0.39, 0.29) is 5.91 Å². The number of ether oxygens (including phenoxy) is 2. The fraction of sp³-hybridized carbons (Fsp3) is 0.280. The summed E-state index contributed by atoms with van der Waals surface area (Å²) >= 11 is 0. The van der Waals surface area contributed by atoms with Crippen LogP contribution in [0.2, 0.25) is 0 Å². The van der Waals surface area contributed by atoms with E-state index in [0.717, 1.165) is 49.2 Å². The molecule has 1 atom stereocenters. The number of benzene rings is 3. The van der Waals surface area contributed by atoms with Crippen LogP contribution in [0.5, 0.6) is 0 Å². The van der Waals surface area contributed by atoms with Crippen molar-refractivity contribution in [3.8, 4) is 0 Å². The molecule has 0 unspecified atom stereocenters. The van der Waals surface area contributed by atoms with Crippen molar-refractivity contribution in [1.29, 1.82) is 0 Å². The van der Waals surface area contributed by atoms with Gasteiger partial charge in [-0.05, 0) is 42.0 Å².